The van der Waals surface area contributed by atoms with E-state index in [0.717, 1.165) is 16.8 Å². The molecule has 7 heteroatoms. The number of nitrogens with zero attached hydrogens (tertiary/aromatic N) is 1. The number of hydrogen-bond acceptors (Lipinski definition) is 3. The SMILES string of the molecule is O=C(C=Cc1ccc(Cl)c(Cl)c1)Nc1nc(-c2ccc(Cl)cc2)cs1. The number of amides is 1. The van der Waals surface area contributed by atoms with Crippen LogP contribution in [0.2, 0.25) is 15.1 Å². The quantitative estimate of drug-likeness (QED) is 0.505. The lowest BCUT2D eigenvalue weighted by atomic mass is 10.2. The van der Waals surface area contributed by atoms with Crippen molar-refractivity contribution in [3.8, 4) is 11.3 Å². The average molecular weight is 410 g/mol. The summed E-state index contributed by atoms with van der Waals surface area (Å²) in [5.74, 6) is -0.275. The molecule has 126 valence electrons. The first-order chi connectivity index (χ1) is 12.0. The van der Waals surface area contributed by atoms with Crippen LogP contribution in [-0.4, -0.2) is 10.9 Å². The number of hydrogen-bond donors (Lipinski definition) is 1. The maximum Gasteiger partial charge on any atom is 0.250 e. The predicted octanol–water partition coefficient (Wildman–Crippen LogP) is 6.42. The molecule has 0 spiro atoms. The van der Waals surface area contributed by atoms with Gasteiger partial charge in [0.25, 0.3) is 0 Å². The topological polar surface area (TPSA) is 42.0 Å². The molecular formula is C18H11Cl3N2OS. The summed E-state index contributed by atoms with van der Waals surface area (Å²) in [6, 6.07) is 12.5. The maximum absolute atomic E-state index is 12.0. The second-order valence-electron chi connectivity index (χ2n) is 5.04. The molecule has 2 aromatic carbocycles. The Labute approximate surface area is 163 Å². The van der Waals surface area contributed by atoms with Crippen molar-refractivity contribution in [2.75, 3.05) is 5.32 Å². The molecule has 0 saturated carbocycles. The molecule has 0 bridgehead atoms. The minimum atomic E-state index is -0.275. The van der Waals surface area contributed by atoms with E-state index in [2.05, 4.69) is 10.3 Å². The lowest BCUT2D eigenvalue weighted by molar-refractivity contribution is -0.111. The highest BCUT2D eigenvalue weighted by molar-refractivity contribution is 7.14. The first-order valence-corrected chi connectivity index (χ1v) is 9.18. The summed E-state index contributed by atoms with van der Waals surface area (Å²) >= 11 is 19.0. The summed E-state index contributed by atoms with van der Waals surface area (Å²) < 4.78 is 0. The second kappa shape index (κ2) is 8.02. The van der Waals surface area contributed by atoms with E-state index >= 15 is 0 Å². The highest BCUT2D eigenvalue weighted by Gasteiger charge is 2.06. The Morgan fingerprint density at radius 3 is 2.52 bits per heavy atom. The Morgan fingerprint density at radius 1 is 1.04 bits per heavy atom. The molecule has 1 heterocycles. The van der Waals surface area contributed by atoms with Gasteiger partial charge in [0, 0.05) is 22.0 Å². The third-order valence-corrected chi connectivity index (χ3v) is 4.99. The molecule has 1 aromatic heterocycles. The van der Waals surface area contributed by atoms with E-state index in [1.54, 1.807) is 36.4 Å². The smallest absolute Gasteiger partial charge is 0.250 e. The molecule has 3 nitrogen and oxygen atoms in total. The highest BCUT2D eigenvalue weighted by atomic mass is 35.5. The molecule has 0 aliphatic carbocycles. The van der Waals surface area contributed by atoms with E-state index in [9.17, 15) is 4.79 Å². The molecular weight excluding hydrogens is 399 g/mol. The monoisotopic (exact) mass is 408 g/mol. The zero-order chi connectivity index (χ0) is 17.8. The fourth-order valence-electron chi connectivity index (χ4n) is 2.02. The Balaban J connectivity index is 1.66. The van der Waals surface area contributed by atoms with E-state index in [1.165, 1.54) is 17.4 Å². The van der Waals surface area contributed by atoms with Crippen LogP contribution in [0.3, 0.4) is 0 Å². The number of carbonyl (C=O) groups excluding carboxylic acids is 1. The largest absolute Gasteiger partial charge is 0.298 e. The van der Waals surface area contributed by atoms with Crippen molar-refractivity contribution in [2.24, 2.45) is 0 Å². The summed E-state index contributed by atoms with van der Waals surface area (Å²) in [6.45, 7) is 0. The Kier molecular flexibility index (Phi) is 5.76. The van der Waals surface area contributed by atoms with Crippen LogP contribution in [0.1, 0.15) is 5.56 Å². The van der Waals surface area contributed by atoms with Crippen LogP contribution < -0.4 is 5.32 Å². The fraction of sp³-hybridized carbons (Fsp3) is 0. The minimum Gasteiger partial charge on any atom is -0.298 e. The molecule has 1 amide bonds. The molecule has 0 unspecified atom stereocenters. The number of benzene rings is 2. The van der Waals surface area contributed by atoms with Crippen LogP contribution in [0.25, 0.3) is 17.3 Å². The van der Waals surface area contributed by atoms with Gasteiger partial charge >= 0.3 is 0 Å². The molecule has 3 aromatic rings. The van der Waals surface area contributed by atoms with Crippen molar-refractivity contribution < 1.29 is 4.79 Å². The lowest BCUT2D eigenvalue weighted by Crippen LogP contribution is -2.07. The van der Waals surface area contributed by atoms with Crippen molar-refractivity contribution in [1.82, 2.24) is 4.98 Å². The van der Waals surface area contributed by atoms with E-state index in [4.69, 9.17) is 34.8 Å². The van der Waals surface area contributed by atoms with E-state index < -0.39 is 0 Å². The number of halogens is 3. The van der Waals surface area contributed by atoms with Gasteiger partial charge < -0.3 is 0 Å². The van der Waals surface area contributed by atoms with Crippen LogP contribution in [0.5, 0.6) is 0 Å². The molecule has 25 heavy (non-hydrogen) atoms. The molecule has 0 fully saturated rings. The summed E-state index contributed by atoms with van der Waals surface area (Å²) in [6.07, 6.45) is 3.08. The number of thiazole rings is 1. The molecule has 0 atom stereocenters. The minimum absolute atomic E-state index is 0.275. The van der Waals surface area contributed by atoms with Crippen LogP contribution in [0.15, 0.2) is 53.9 Å². The van der Waals surface area contributed by atoms with Gasteiger partial charge in [0.1, 0.15) is 0 Å². The summed E-state index contributed by atoms with van der Waals surface area (Å²) in [7, 11) is 0. The summed E-state index contributed by atoms with van der Waals surface area (Å²) in [4.78, 5) is 16.4. The van der Waals surface area contributed by atoms with Gasteiger partial charge in [0.15, 0.2) is 5.13 Å². The Bertz CT molecular complexity index is 936. The summed E-state index contributed by atoms with van der Waals surface area (Å²) in [5, 5.41) is 6.72. The first kappa shape index (κ1) is 18.0. The maximum atomic E-state index is 12.0. The summed E-state index contributed by atoms with van der Waals surface area (Å²) in [5.41, 5.74) is 2.50. The van der Waals surface area contributed by atoms with Crippen LogP contribution in [-0.2, 0) is 4.79 Å². The zero-order valence-electron chi connectivity index (χ0n) is 12.7. The molecule has 1 N–H and O–H groups in total. The highest BCUT2D eigenvalue weighted by Crippen LogP contribution is 2.26. The van der Waals surface area contributed by atoms with Crippen molar-refractivity contribution in [3.05, 3.63) is 74.6 Å². The van der Waals surface area contributed by atoms with Gasteiger partial charge in [-0.3, -0.25) is 10.1 Å². The molecule has 0 aliphatic heterocycles. The van der Waals surface area contributed by atoms with Gasteiger partial charge in [-0.15, -0.1) is 11.3 Å². The van der Waals surface area contributed by atoms with Crippen molar-refractivity contribution >= 4 is 63.3 Å². The van der Waals surface area contributed by atoms with Gasteiger partial charge in [-0.25, -0.2) is 4.98 Å². The molecule has 3 rings (SSSR count). The lowest BCUT2D eigenvalue weighted by Gasteiger charge is -1.99. The van der Waals surface area contributed by atoms with Crippen molar-refractivity contribution in [3.63, 3.8) is 0 Å². The third kappa shape index (κ3) is 4.83. The standard InChI is InChI=1S/C18H11Cl3N2OS/c19-13-5-3-12(4-6-13)16-10-25-18(22-16)23-17(24)8-2-11-1-7-14(20)15(21)9-11/h1-10H,(H,22,23,24). The van der Waals surface area contributed by atoms with Gasteiger partial charge in [-0.1, -0.05) is 53.0 Å². The molecule has 0 saturated heterocycles. The third-order valence-electron chi connectivity index (χ3n) is 3.25. The van der Waals surface area contributed by atoms with Crippen LogP contribution in [0.4, 0.5) is 5.13 Å². The molecule has 0 aliphatic rings. The Morgan fingerprint density at radius 2 is 1.80 bits per heavy atom. The number of anilines is 1. The number of carbonyl (C=O) groups is 1. The first-order valence-electron chi connectivity index (χ1n) is 7.17. The fourth-order valence-corrected chi connectivity index (χ4v) is 3.17. The number of aromatic nitrogens is 1. The van der Waals surface area contributed by atoms with E-state index in [-0.39, 0.29) is 5.91 Å². The zero-order valence-corrected chi connectivity index (χ0v) is 15.8. The van der Waals surface area contributed by atoms with Gasteiger partial charge in [0.2, 0.25) is 5.91 Å². The van der Waals surface area contributed by atoms with Gasteiger partial charge in [-0.05, 0) is 35.9 Å². The van der Waals surface area contributed by atoms with E-state index in [0.29, 0.717) is 20.2 Å². The predicted molar refractivity (Wildman–Crippen MR) is 107 cm³/mol. The average Bonchev–Trinajstić information content (AvgIpc) is 3.05. The van der Waals surface area contributed by atoms with Gasteiger partial charge in [0.05, 0.1) is 15.7 Å². The van der Waals surface area contributed by atoms with Crippen molar-refractivity contribution in [2.45, 2.75) is 0 Å². The van der Waals surface area contributed by atoms with E-state index in [1.807, 2.05) is 17.5 Å². The molecule has 0 radical (unpaired) electrons. The number of rotatable bonds is 4. The van der Waals surface area contributed by atoms with Gasteiger partial charge in [-0.2, -0.15) is 0 Å². The van der Waals surface area contributed by atoms with Crippen molar-refractivity contribution in [1.29, 1.82) is 0 Å². The van der Waals surface area contributed by atoms with Crippen LogP contribution in [0, 0.1) is 0 Å². The normalized spacial score (nSPS) is 11.0. The Hall–Kier alpha value is -1.85. The number of nitrogens with one attached hydrogen (secondary N) is 1. The second-order valence-corrected chi connectivity index (χ2v) is 7.15. The van der Waals surface area contributed by atoms with Crippen LogP contribution >= 0.6 is 46.1 Å².